The summed E-state index contributed by atoms with van der Waals surface area (Å²) in [5, 5.41) is 0.833. The molecule has 0 N–H and O–H groups in total. The molecule has 0 aliphatic heterocycles. The Morgan fingerprint density at radius 3 is 2.47 bits per heavy atom. The summed E-state index contributed by atoms with van der Waals surface area (Å²) in [5.74, 6) is -0.419. The van der Waals surface area contributed by atoms with E-state index in [4.69, 9.17) is 9.15 Å². The Kier molecular flexibility index (Phi) is 4.68. The number of carbonyl (C=O) groups excluding carboxylic acids is 1. The molecule has 0 bridgehead atoms. The van der Waals surface area contributed by atoms with Crippen molar-refractivity contribution >= 4 is 16.9 Å². The largest absolute Gasteiger partial charge is 0.457 e. The van der Waals surface area contributed by atoms with Gasteiger partial charge < -0.3 is 9.15 Å². The summed E-state index contributed by atoms with van der Waals surface area (Å²) in [6, 6.07) is 22.6. The van der Waals surface area contributed by atoms with Crippen molar-refractivity contribution in [2.24, 2.45) is 0 Å². The lowest BCUT2D eigenvalue weighted by molar-refractivity contribution is 0.0475. The van der Waals surface area contributed by atoms with Crippen LogP contribution in [-0.4, -0.2) is 5.97 Å². The van der Waals surface area contributed by atoms with E-state index in [1.54, 1.807) is 6.07 Å². The van der Waals surface area contributed by atoms with Crippen LogP contribution in [0, 0.1) is 0 Å². The van der Waals surface area contributed by atoms with Crippen LogP contribution in [0.3, 0.4) is 0 Å². The molecule has 1 aromatic heterocycles. The summed E-state index contributed by atoms with van der Waals surface area (Å²) in [4.78, 5) is 24.9. The molecule has 4 heteroatoms. The first-order valence-electron chi connectivity index (χ1n) is 10.1. The quantitative estimate of drug-likeness (QED) is 0.347. The topological polar surface area (TPSA) is 56.5 Å². The van der Waals surface area contributed by atoms with E-state index in [2.05, 4.69) is 6.07 Å². The number of hydrogen-bond acceptors (Lipinski definition) is 4. The monoisotopic (exact) mass is 396 g/mol. The maximum absolute atomic E-state index is 12.9. The Hall–Kier alpha value is -3.66. The minimum Gasteiger partial charge on any atom is -0.457 e. The first kappa shape index (κ1) is 18.4. The lowest BCUT2D eigenvalue weighted by Crippen LogP contribution is -2.09. The van der Waals surface area contributed by atoms with Crippen LogP contribution < -0.4 is 5.63 Å². The van der Waals surface area contributed by atoms with Gasteiger partial charge in [-0.15, -0.1) is 0 Å². The van der Waals surface area contributed by atoms with Crippen molar-refractivity contribution in [3.05, 3.63) is 105 Å². The van der Waals surface area contributed by atoms with E-state index in [1.165, 1.54) is 17.2 Å². The van der Waals surface area contributed by atoms with Gasteiger partial charge >= 0.3 is 11.6 Å². The average Bonchev–Trinajstić information content (AvgIpc) is 3.24. The molecule has 5 rings (SSSR count). The molecule has 0 saturated carbocycles. The second-order valence-electron chi connectivity index (χ2n) is 7.55. The molecule has 148 valence electrons. The van der Waals surface area contributed by atoms with Gasteiger partial charge in [-0.3, -0.25) is 0 Å². The fourth-order valence-corrected chi connectivity index (χ4v) is 4.17. The highest BCUT2D eigenvalue weighted by molar-refractivity contribution is 5.97. The molecule has 4 nitrogen and oxygen atoms in total. The Labute approximate surface area is 173 Å². The SMILES string of the molecule is O=C(OCc1cc(=O)oc2cc3c(cc12)CCC3)c1ccccc1-c1ccccc1. The summed E-state index contributed by atoms with van der Waals surface area (Å²) in [6.45, 7) is 0.0167. The Morgan fingerprint density at radius 2 is 1.63 bits per heavy atom. The third-order valence-electron chi connectivity index (χ3n) is 5.63. The molecule has 3 aromatic carbocycles. The van der Waals surface area contributed by atoms with Crippen molar-refractivity contribution in [3.63, 3.8) is 0 Å². The van der Waals surface area contributed by atoms with E-state index in [0.717, 1.165) is 35.8 Å². The Balaban J connectivity index is 1.46. The lowest BCUT2D eigenvalue weighted by atomic mass is 10.00. The summed E-state index contributed by atoms with van der Waals surface area (Å²) in [6.07, 6.45) is 3.13. The molecular formula is C26H20O4. The molecule has 0 amide bonds. The van der Waals surface area contributed by atoms with Crippen molar-refractivity contribution < 1.29 is 13.9 Å². The third-order valence-corrected chi connectivity index (χ3v) is 5.63. The van der Waals surface area contributed by atoms with Crippen LogP contribution >= 0.6 is 0 Å². The molecule has 1 aliphatic carbocycles. The molecule has 0 fully saturated rings. The van der Waals surface area contributed by atoms with Gasteiger partial charge in [-0.25, -0.2) is 9.59 Å². The second-order valence-corrected chi connectivity index (χ2v) is 7.55. The van der Waals surface area contributed by atoms with Crippen LogP contribution in [0.4, 0.5) is 0 Å². The highest BCUT2D eigenvalue weighted by Crippen LogP contribution is 2.29. The van der Waals surface area contributed by atoms with Gasteiger partial charge in [0, 0.05) is 17.0 Å². The maximum Gasteiger partial charge on any atom is 0.339 e. The molecule has 1 heterocycles. The predicted molar refractivity (Wildman–Crippen MR) is 116 cm³/mol. The normalized spacial score (nSPS) is 12.7. The maximum atomic E-state index is 12.9. The highest BCUT2D eigenvalue weighted by Gasteiger charge is 2.17. The van der Waals surface area contributed by atoms with Crippen LogP contribution in [-0.2, 0) is 24.2 Å². The summed E-state index contributed by atoms with van der Waals surface area (Å²) >= 11 is 0. The van der Waals surface area contributed by atoms with Gasteiger partial charge in [0.15, 0.2) is 0 Å². The van der Waals surface area contributed by atoms with Gasteiger partial charge in [-0.2, -0.15) is 0 Å². The van der Waals surface area contributed by atoms with Crippen LogP contribution in [0.15, 0.2) is 82.0 Å². The lowest BCUT2D eigenvalue weighted by Gasteiger charge is -2.11. The molecule has 1 aliphatic rings. The van der Waals surface area contributed by atoms with Crippen molar-refractivity contribution in [2.45, 2.75) is 25.9 Å². The summed E-state index contributed by atoms with van der Waals surface area (Å²) in [5.41, 5.74) is 5.56. The summed E-state index contributed by atoms with van der Waals surface area (Å²) < 4.78 is 11.0. The molecule has 0 radical (unpaired) electrons. The Morgan fingerprint density at radius 1 is 0.900 bits per heavy atom. The zero-order chi connectivity index (χ0) is 20.5. The second kappa shape index (κ2) is 7.64. The highest BCUT2D eigenvalue weighted by atomic mass is 16.5. The molecule has 30 heavy (non-hydrogen) atoms. The number of esters is 1. The number of hydrogen-bond donors (Lipinski definition) is 0. The summed E-state index contributed by atoms with van der Waals surface area (Å²) in [7, 11) is 0. The van der Waals surface area contributed by atoms with Crippen molar-refractivity contribution in [1.82, 2.24) is 0 Å². The van der Waals surface area contributed by atoms with Crippen LogP contribution in [0.25, 0.3) is 22.1 Å². The third kappa shape index (κ3) is 3.41. The van der Waals surface area contributed by atoms with E-state index in [1.807, 2.05) is 54.6 Å². The van der Waals surface area contributed by atoms with E-state index in [9.17, 15) is 9.59 Å². The van der Waals surface area contributed by atoms with Crippen molar-refractivity contribution in [1.29, 1.82) is 0 Å². The van der Waals surface area contributed by atoms with Gasteiger partial charge in [-0.1, -0.05) is 48.5 Å². The zero-order valence-corrected chi connectivity index (χ0v) is 16.4. The fraction of sp³-hybridized carbons (Fsp3) is 0.154. The first-order valence-corrected chi connectivity index (χ1v) is 10.1. The number of benzene rings is 3. The molecule has 0 unspecified atom stereocenters. The minimum absolute atomic E-state index is 0.0167. The van der Waals surface area contributed by atoms with E-state index in [0.29, 0.717) is 16.7 Å². The zero-order valence-electron chi connectivity index (χ0n) is 16.4. The smallest absolute Gasteiger partial charge is 0.339 e. The molecule has 0 atom stereocenters. The van der Waals surface area contributed by atoms with Crippen molar-refractivity contribution in [2.75, 3.05) is 0 Å². The van der Waals surface area contributed by atoms with Crippen LogP contribution in [0.1, 0.15) is 33.5 Å². The fourth-order valence-electron chi connectivity index (χ4n) is 4.17. The first-order chi connectivity index (χ1) is 14.7. The van der Waals surface area contributed by atoms with E-state index in [-0.39, 0.29) is 6.61 Å². The van der Waals surface area contributed by atoms with Gasteiger partial charge in [0.25, 0.3) is 0 Å². The Bertz CT molecular complexity index is 1300. The molecule has 0 saturated heterocycles. The molecule has 4 aromatic rings. The number of carbonyl (C=O) groups is 1. The van der Waals surface area contributed by atoms with Gasteiger partial charge in [0.2, 0.25) is 0 Å². The number of fused-ring (bicyclic) bond motifs is 2. The average molecular weight is 396 g/mol. The number of aryl methyl sites for hydroxylation is 2. The number of rotatable bonds is 4. The van der Waals surface area contributed by atoms with E-state index < -0.39 is 11.6 Å². The van der Waals surface area contributed by atoms with Crippen molar-refractivity contribution in [3.8, 4) is 11.1 Å². The molecule has 0 spiro atoms. The van der Waals surface area contributed by atoms with Crippen LogP contribution in [0.2, 0.25) is 0 Å². The minimum atomic E-state index is -0.434. The predicted octanol–water partition coefficient (Wildman–Crippen LogP) is 5.31. The number of ether oxygens (including phenoxy) is 1. The van der Waals surface area contributed by atoms with Gasteiger partial charge in [0.05, 0.1) is 5.56 Å². The molecular weight excluding hydrogens is 376 g/mol. The van der Waals surface area contributed by atoms with Crippen LogP contribution in [0.5, 0.6) is 0 Å². The van der Waals surface area contributed by atoms with Gasteiger partial charge in [0.1, 0.15) is 12.2 Å². The van der Waals surface area contributed by atoms with E-state index >= 15 is 0 Å². The van der Waals surface area contributed by atoms with Gasteiger partial charge in [-0.05, 0) is 59.7 Å². The standard InChI is InChI=1S/C26H20O4/c27-25-15-20(23-13-18-9-6-10-19(18)14-24(23)30-25)16-29-26(28)22-12-5-4-11-21(22)17-7-2-1-3-8-17/h1-5,7-8,11-15H,6,9-10,16H2.